The molecule has 2 aliphatic heterocycles. The number of phosphoric acid groups is 1. The molecule has 178 valence electrons. The number of phosphoric ester groups is 1. The number of carbonyl (C=O) groups is 1. The molecule has 1 fully saturated rings. The number of ether oxygens (including phenoxy) is 1. The van der Waals surface area contributed by atoms with Crippen LogP contribution in [0.25, 0.3) is 0 Å². The summed E-state index contributed by atoms with van der Waals surface area (Å²) in [7, 11) is -4.32. The van der Waals surface area contributed by atoms with Gasteiger partial charge in [0, 0.05) is 11.8 Å². The number of aryl methyl sites for hydroxylation is 2. The van der Waals surface area contributed by atoms with Gasteiger partial charge >= 0.3 is 13.5 Å². The second-order valence-corrected chi connectivity index (χ2v) is 9.35. The zero-order valence-electron chi connectivity index (χ0n) is 17.4. The molecule has 1 saturated heterocycles. The smallest absolute Gasteiger partial charge is 0.403 e. The van der Waals surface area contributed by atoms with Gasteiger partial charge in [-0.3, -0.25) is 28.2 Å². The topological polar surface area (TPSA) is 166 Å². The number of hydrogen-bond acceptors (Lipinski definition) is 10. The highest BCUT2D eigenvalue weighted by atomic mass is 31.2. The molecule has 3 heterocycles. The molecule has 1 aromatic heterocycles. The Bertz CT molecular complexity index is 1280. The number of aromatic nitrogens is 2. The highest BCUT2D eigenvalue weighted by molar-refractivity contribution is 7.49. The van der Waals surface area contributed by atoms with Gasteiger partial charge in [0.15, 0.2) is 12.5 Å². The van der Waals surface area contributed by atoms with Crippen LogP contribution in [0.1, 0.15) is 33.3 Å². The Hall–Kier alpha value is -2.67. The van der Waals surface area contributed by atoms with Gasteiger partial charge in [0.25, 0.3) is 11.4 Å². The minimum absolute atomic E-state index is 0.135. The van der Waals surface area contributed by atoms with Crippen LogP contribution in [-0.4, -0.2) is 50.7 Å². The molecule has 2 aromatic rings. The summed E-state index contributed by atoms with van der Waals surface area (Å²) in [6.07, 6.45) is -5.21. The third-order valence-electron chi connectivity index (χ3n) is 5.27. The molecule has 0 radical (unpaired) electrons. The third-order valence-corrected chi connectivity index (χ3v) is 6.56. The number of H-pyrrole nitrogens is 1. The predicted octanol–water partition coefficient (Wildman–Crippen LogP) is 0.616. The van der Waals surface area contributed by atoms with Crippen LogP contribution in [0.15, 0.2) is 27.9 Å². The van der Waals surface area contributed by atoms with E-state index in [-0.39, 0.29) is 18.6 Å². The lowest BCUT2D eigenvalue weighted by Crippen LogP contribution is -2.43. The van der Waals surface area contributed by atoms with Gasteiger partial charge in [0.2, 0.25) is 0 Å². The van der Waals surface area contributed by atoms with E-state index in [1.807, 2.05) is 11.9 Å². The predicted molar refractivity (Wildman–Crippen MR) is 108 cm³/mol. The van der Waals surface area contributed by atoms with Crippen LogP contribution >= 0.6 is 7.82 Å². The van der Waals surface area contributed by atoms with Gasteiger partial charge in [-0.25, -0.2) is 13.8 Å². The van der Waals surface area contributed by atoms with Crippen LogP contribution in [0, 0.1) is 13.8 Å². The molecule has 0 saturated carbocycles. The Morgan fingerprint density at radius 2 is 2.09 bits per heavy atom. The molecule has 1 unspecified atom stereocenters. The quantitative estimate of drug-likeness (QED) is 0.403. The van der Waals surface area contributed by atoms with Gasteiger partial charge in [-0.15, -0.1) is 0 Å². The van der Waals surface area contributed by atoms with Crippen LogP contribution in [0.5, 0.6) is 5.75 Å². The molecule has 5 atom stereocenters. The molecule has 14 heteroatoms. The number of benzene rings is 1. The fourth-order valence-electron chi connectivity index (χ4n) is 3.66. The summed E-state index contributed by atoms with van der Waals surface area (Å²) in [6.45, 7) is 2.25. The van der Waals surface area contributed by atoms with Gasteiger partial charge in [-0.2, -0.15) is 0 Å². The SMILES string of the molecule is Cc1cc(C)c2c(c1)COP(=O)(OC[C@@]1(F)O[C@@H](n3cc(C=O)c(=O)[nH]c3=O)[C@H](O)[C@@H]1O)O2. The number of nitrogens with zero attached hydrogens (tertiary/aromatic N) is 1. The second kappa shape index (κ2) is 8.28. The van der Waals surface area contributed by atoms with Gasteiger partial charge in [-0.05, 0) is 19.4 Å². The summed E-state index contributed by atoms with van der Waals surface area (Å²) in [5, 5.41) is 20.5. The van der Waals surface area contributed by atoms with Crippen molar-refractivity contribution < 1.29 is 42.3 Å². The number of aliphatic hydroxyl groups is 2. The van der Waals surface area contributed by atoms with Crippen molar-refractivity contribution in [1.29, 1.82) is 0 Å². The highest BCUT2D eigenvalue weighted by Crippen LogP contribution is 2.56. The van der Waals surface area contributed by atoms with E-state index in [4.69, 9.17) is 18.3 Å². The molecule has 0 spiro atoms. The number of alkyl halides is 1. The first-order valence-corrected chi connectivity index (χ1v) is 11.1. The lowest BCUT2D eigenvalue weighted by atomic mass is 10.1. The first kappa shape index (κ1) is 23.5. The Morgan fingerprint density at radius 1 is 1.36 bits per heavy atom. The summed E-state index contributed by atoms with van der Waals surface area (Å²) in [4.78, 5) is 36.4. The first-order valence-electron chi connectivity index (χ1n) is 9.69. The number of aldehydes is 1. The van der Waals surface area contributed by atoms with Crippen molar-refractivity contribution in [3.05, 3.63) is 61.4 Å². The summed E-state index contributed by atoms with van der Waals surface area (Å²) in [6, 6.07) is 3.55. The summed E-state index contributed by atoms with van der Waals surface area (Å²) in [5.41, 5.74) is -0.413. The maximum Gasteiger partial charge on any atom is 0.530 e. The molecule has 0 aliphatic carbocycles. The first-order chi connectivity index (χ1) is 15.5. The van der Waals surface area contributed by atoms with Crippen molar-refractivity contribution in [2.45, 2.75) is 44.7 Å². The maximum absolute atomic E-state index is 15.4. The zero-order chi connectivity index (χ0) is 24.1. The van der Waals surface area contributed by atoms with E-state index in [1.165, 1.54) is 0 Å². The minimum atomic E-state index is -4.32. The average molecular weight is 486 g/mol. The van der Waals surface area contributed by atoms with E-state index in [2.05, 4.69) is 0 Å². The Balaban J connectivity index is 1.54. The summed E-state index contributed by atoms with van der Waals surface area (Å²) in [5.74, 6) is -2.89. The van der Waals surface area contributed by atoms with Gasteiger partial charge in [-0.1, -0.05) is 17.7 Å². The molecule has 3 N–H and O–H groups in total. The van der Waals surface area contributed by atoms with Crippen molar-refractivity contribution in [2.24, 2.45) is 0 Å². The van der Waals surface area contributed by atoms with Crippen LogP contribution in [0.3, 0.4) is 0 Å². The standard InChI is InChI=1S/C19H20FN2O10P/c1-9-3-10(2)14-11(4-9)7-29-33(28,32-14)30-8-19(20)15(25)13(24)17(31-19)22-5-12(6-23)16(26)21-18(22)27/h3-6,13,15,17,24-25H,7-8H2,1-2H3,(H,21,26,27)/t13-,15+,17-,19-,33?/m1/s1. The van der Waals surface area contributed by atoms with Crippen molar-refractivity contribution in [1.82, 2.24) is 9.55 Å². The maximum atomic E-state index is 15.4. The molecule has 33 heavy (non-hydrogen) atoms. The van der Waals surface area contributed by atoms with E-state index in [9.17, 15) is 29.2 Å². The fraction of sp³-hybridized carbons (Fsp3) is 0.421. The van der Waals surface area contributed by atoms with E-state index >= 15 is 4.39 Å². The van der Waals surface area contributed by atoms with Crippen LogP contribution < -0.4 is 15.8 Å². The van der Waals surface area contributed by atoms with Crippen molar-refractivity contribution in [3.63, 3.8) is 0 Å². The average Bonchev–Trinajstić information content (AvgIpc) is 2.98. The molecule has 12 nitrogen and oxygen atoms in total. The Morgan fingerprint density at radius 3 is 2.79 bits per heavy atom. The van der Waals surface area contributed by atoms with Gasteiger partial charge < -0.3 is 19.5 Å². The number of rotatable bonds is 5. The molecule has 0 amide bonds. The number of fused-ring (bicyclic) bond motifs is 1. The zero-order valence-corrected chi connectivity index (χ0v) is 18.3. The van der Waals surface area contributed by atoms with E-state index in [1.54, 1.807) is 19.1 Å². The lowest BCUT2D eigenvalue weighted by Gasteiger charge is -2.29. The normalized spacial score (nSPS) is 31.1. The minimum Gasteiger partial charge on any atom is -0.403 e. The van der Waals surface area contributed by atoms with E-state index in [0.29, 0.717) is 15.7 Å². The fourth-order valence-corrected chi connectivity index (χ4v) is 4.96. The second-order valence-electron chi connectivity index (χ2n) is 7.75. The molecule has 0 bridgehead atoms. The summed E-state index contributed by atoms with van der Waals surface area (Å²) < 4.78 is 49.4. The lowest BCUT2D eigenvalue weighted by molar-refractivity contribution is -0.205. The van der Waals surface area contributed by atoms with Crippen molar-refractivity contribution >= 4 is 14.1 Å². The molecule has 1 aromatic carbocycles. The number of nitrogens with one attached hydrogen (secondary N) is 1. The van der Waals surface area contributed by atoms with Crippen molar-refractivity contribution in [2.75, 3.05) is 6.61 Å². The monoisotopic (exact) mass is 486 g/mol. The number of aliphatic hydroxyl groups excluding tert-OH is 2. The van der Waals surface area contributed by atoms with Crippen LogP contribution in [0.4, 0.5) is 4.39 Å². The Kier molecular flexibility index (Phi) is 5.89. The van der Waals surface area contributed by atoms with E-state index in [0.717, 1.165) is 11.8 Å². The highest BCUT2D eigenvalue weighted by Gasteiger charge is 2.57. The van der Waals surface area contributed by atoms with Gasteiger partial charge in [0.05, 0.1) is 12.2 Å². The summed E-state index contributed by atoms with van der Waals surface area (Å²) >= 11 is 0. The molecule has 2 aliphatic rings. The third kappa shape index (κ3) is 4.19. The van der Waals surface area contributed by atoms with E-state index < -0.39 is 55.5 Å². The molecule has 4 rings (SSSR count). The number of aromatic amines is 1. The van der Waals surface area contributed by atoms with Crippen molar-refractivity contribution in [3.8, 4) is 5.75 Å². The largest absolute Gasteiger partial charge is 0.530 e. The number of halogens is 1. The number of carbonyl (C=O) groups excluding carboxylic acids is 1. The number of hydrogen-bond donors (Lipinski definition) is 3. The molecular weight excluding hydrogens is 466 g/mol. The van der Waals surface area contributed by atoms with Crippen LogP contribution in [-0.2, 0) is 25.0 Å². The van der Waals surface area contributed by atoms with Gasteiger partial charge in [0.1, 0.15) is 24.6 Å². The van der Waals surface area contributed by atoms with Crippen LogP contribution in [0.2, 0.25) is 0 Å². The molecular formula is C19H20FN2O10P. The Labute approximate surface area is 185 Å².